The van der Waals surface area contributed by atoms with E-state index in [2.05, 4.69) is 15.2 Å². The third-order valence-corrected chi connectivity index (χ3v) is 5.11. The van der Waals surface area contributed by atoms with Gasteiger partial charge in [0.2, 0.25) is 0 Å². The van der Waals surface area contributed by atoms with Crippen LogP contribution in [0.1, 0.15) is 21.5 Å². The van der Waals surface area contributed by atoms with E-state index in [9.17, 15) is 19.1 Å². The molecule has 0 aliphatic carbocycles. The van der Waals surface area contributed by atoms with E-state index in [1.165, 1.54) is 36.8 Å². The molecule has 3 aromatic rings. The van der Waals surface area contributed by atoms with Gasteiger partial charge in [-0.3, -0.25) is 9.69 Å². The molecule has 1 aliphatic heterocycles. The van der Waals surface area contributed by atoms with Gasteiger partial charge in [-0.25, -0.2) is 14.2 Å². The Balaban J connectivity index is 1.80. The zero-order valence-corrected chi connectivity index (χ0v) is 17.4. The number of hydrogen-bond donors (Lipinski definition) is 1. The molecule has 32 heavy (non-hydrogen) atoms. The number of benzene rings is 1. The number of pyridine rings is 1. The Morgan fingerprint density at radius 3 is 2.66 bits per heavy atom. The van der Waals surface area contributed by atoms with Gasteiger partial charge in [0.05, 0.1) is 25.5 Å². The van der Waals surface area contributed by atoms with Gasteiger partial charge in [-0.2, -0.15) is 10.2 Å². The van der Waals surface area contributed by atoms with E-state index in [1.54, 1.807) is 25.2 Å². The Kier molecular flexibility index (Phi) is 5.67. The van der Waals surface area contributed by atoms with Crippen molar-refractivity contribution in [2.75, 3.05) is 25.6 Å². The molecule has 0 bridgehead atoms. The third kappa shape index (κ3) is 3.94. The zero-order chi connectivity index (χ0) is 22.8. The van der Waals surface area contributed by atoms with Crippen LogP contribution in [0.4, 0.5) is 15.0 Å². The van der Waals surface area contributed by atoms with Gasteiger partial charge in [0, 0.05) is 66.5 Å². The number of ether oxygens (including phenoxy) is 1. The van der Waals surface area contributed by atoms with Gasteiger partial charge in [-0.1, -0.05) is 0 Å². The summed E-state index contributed by atoms with van der Waals surface area (Å²) in [5.41, 5.74) is 1.12. The van der Waals surface area contributed by atoms with Crippen LogP contribution in [-0.4, -0.2) is 57.8 Å². The molecule has 0 spiro atoms. The maximum Gasteiger partial charge on any atom is 0.413 e. The Labute approximate surface area is 182 Å². The Hall–Kier alpha value is -4.08. The van der Waals surface area contributed by atoms with Crippen molar-refractivity contribution in [1.82, 2.24) is 20.1 Å². The standard InChI is InChI=1S/C22H20FN5O4/c1-27(2)7-5-19(29)15-9-24-21(16-11-26-25-10-14(15)16)28(22(30)31)12-17-13-6-8-32-20(13)4-3-18(17)23/h3-5,7,9-11H,6,8,12H2,1-2H3,(H,30,31)/b7-5+. The monoisotopic (exact) mass is 437 g/mol. The minimum Gasteiger partial charge on any atom is -0.493 e. The summed E-state index contributed by atoms with van der Waals surface area (Å²) in [4.78, 5) is 31.7. The lowest BCUT2D eigenvalue weighted by Crippen LogP contribution is -2.30. The van der Waals surface area contributed by atoms with E-state index < -0.39 is 11.9 Å². The molecule has 164 valence electrons. The molecule has 0 saturated heterocycles. The van der Waals surface area contributed by atoms with Crippen molar-refractivity contribution in [2.45, 2.75) is 13.0 Å². The molecule has 0 radical (unpaired) electrons. The van der Waals surface area contributed by atoms with Crippen LogP contribution in [0.25, 0.3) is 10.8 Å². The average Bonchev–Trinajstić information content (AvgIpc) is 3.25. The number of amides is 1. The van der Waals surface area contributed by atoms with Crippen molar-refractivity contribution in [3.8, 4) is 5.75 Å². The average molecular weight is 437 g/mol. The van der Waals surface area contributed by atoms with Gasteiger partial charge in [0.15, 0.2) is 5.78 Å². The second-order valence-electron chi connectivity index (χ2n) is 7.43. The van der Waals surface area contributed by atoms with Crippen molar-refractivity contribution in [1.29, 1.82) is 0 Å². The summed E-state index contributed by atoms with van der Waals surface area (Å²) in [6, 6.07) is 2.80. The summed E-state index contributed by atoms with van der Waals surface area (Å²) in [5, 5.41) is 18.3. The zero-order valence-electron chi connectivity index (χ0n) is 17.4. The highest BCUT2D eigenvalue weighted by Crippen LogP contribution is 2.33. The van der Waals surface area contributed by atoms with Gasteiger partial charge in [-0.15, -0.1) is 0 Å². The quantitative estimate of drug-likeness (QED) is 0.463. The predicted molar refractivity (Wildman–Crippen MR) is 114 cm³/mol. The fourth-order valence-corrected chi connectivity index (χ4v) is 3.57. The lowest BCUT2D eigenvalue weighted by molar-refractivity contribution is 0.104. The fraction of sp³-hybridized carbons (Fsp3) is 0.227. The first-order valence-electron chi connectivity index (χ1n) is 9.78. The van der Waals surface area contributed by atoms with E-state index in [4.69, 9.17) is 4.74 Å². The third-order valence-electron chi connectivity index (χ3n) is 5.11. The highest BCUT2D eigenvalue weighted by atomic mass is 19.1. The van der Waals surface area contributed by atoms with E-state index in [0.29, 0.717) is 35.1 Å². The summed E-state index contributed by atoms with van der Waals surface area (Å²) < 4.78 is 20.1. The number of anilines is 1. The van der Waals surface area contributed by atoms with Crippen LogP contribution in [0.5, 0.6) is 5.75 Å². The van der Waals surface area contributed by atoms with Crippen LogP contribution in [0, 0.1) is 5.82 Å². The van der Waals surface area contributed by atoms with Crippen molar-refractivity contribution in [3.63, 3.8) is 0 Å². The van der Waals surface area contributed by atoms with Gasteiger partial charge < -0.3 is 14.7 Å². The SMILES string of the molecule is CN(C)/C=C/C(=O)c1cnc(N(Cc2c(F)ccc3c2CCO3)C(=O)O)c2cnncc12. The lowest BCUT2D eigenvalue weighted by Gasteiger charge is -2.21. The maximum atomic E-state index is 14.6. The molecule has 0 atom stereocenters. The first-order chi connectivity index (χ1) is 15.4. The number of allylic oxidation sites excluding steroid dienone is 1. The summed E-state index contributed by atoms with van der Waals surface area (Å²) in [6.45, 7) is 0.138. The minimum atomic E-state index is -1.32. The second kappa shape index (κ2) is 8.58. The second-order valence-corrected chi connectivity index (χ2v) is 7.43. The number of carbonyl (C=O) groups is 2. The Morgan fingerprint density at radius 1 is 1.19 bits per heavy atom. The van der Waals surface area contributed by atoms with Crippen LogP contribution in [0.15, 0.2) is 43.0 Å². The molecule has 10 heteroatoms. The van der Waals surface area contributed by atoms with E-state index in [1.807, 2.05) is 0 Å². The number of aromatic nitrogens is 3. The summed E-state index contributed by atoms with van der Waals surface area (Å²) in [6.07, 6.45) is 6.17. The van der Waals surface area contributed by atoms with Crippen molar-refractivity contribution in [2.24, 2.45) is 0 Å². The van der Waals surface area contributed by atoms with E-state index >= 15 is 0 Å². The highest BCUT2D eigenvalue weighted by molar-refractivity contribution is 6.15. The summed E-state index contributed by atoms with van der Waals surface area (Å²) >= 11 is 0. The number of nitrogens with zero attached hydrogens (tertiary/aromatic N) is 5. The summed E-state index contributed by atoms with van der Waals surface area (Å²) in [7, 11) is 3.56. The molecule has 1 N–H and O–H groups in total. The van der Waals surface area contributed by atoms with Gasteiger partial charge >= 0.3 is 6.09 Å². The van der Waals surface area contributed by atoms with Gasteiger partial charge in [-0.05, 0) is 12.1 Å². The van der Waals surface area contributed by atoms with E-state index in [0.717, 1.165) is 4.90 Å². The Morgan fingerprint density at radius 2 is 1.94 bits per heavy atom. The summed E-state index contributed by atoms with van der Waals surface area (Å²) in [5.74, 6) is -0.262. The molecule has 2 aromatic heterocycles. The molecule has 3 heterocycles. The van der Waals surface area contributed by atoms with Crippen LogP contribution in [0.2, 0.25) is 0 Å². The molecular weight excluding hydrogens is 417 g/mol. The molecule has 1 amide bonds. The molecule has 1 aliphatic rings. The van der Waals surface area contributed by atoms with Crippen LogP contribution >= 0.6 is 0 Å². The molecule has 0 unspecified atom stereocenters. The smallest absolute Gasteiger partial charge is 0.413 e. The Bertz CT molecular complexity index is 1240. The molecule has 0 fully saturated rings. The molecule has 1 aromatic carbocycles. The lowest BCUT2D eigenvalue weighted by atomic mass is 10.0. The van der Waals surface area contributed by atoms with Crippen LogP contribution in [-0.2, 0) is 13.0 Å². The molecule has 4 rings (SSSR count). The maximum absolute atomic E-state index is 14.6. The number of fused-ring (bicyclic) bond motifs is 2. The largest absolute Gasteiger partial charge is 0.493 e. The first kappa shape index (κ1) is 21.2. The topological polar surface area (TPSA) is 109 Å². The number of halogens is 1. The van der Waals surface area contributed by atoms with Crippen LogP contribution in [0.3, 0.4) is 0 Å². The number of carbonyl (C=O) groups excluding carboxylic acids is 1. The number of hydrogen-bond acceptors (Lipinski definition) is 7. The minimum absolute atomic E-state index is 0.0338. The number of ketones is 1. The normalized spacial score (nSPS) is 12.6. The predicted octanol–water partition coefficient (Wildman–Crippen LogP) is 3.04. The van der Waals surface area contributed by atoms with Crippen molar-refractivity contribution >= 4 is 28.5 Å². The molecule has 0 saturated carbocycles. The van der Waals surface area contributed by atoms with E-state index in [-0.39, 0.29) is 29.3 Å². The molecule has 9 nitrogen and oxygen atoms in total. The van der Waals surface area contributed by atoms with Crippen LogP contribution < -0.4 is 9.64 Å². The van der Waals surface area contributed by atoms with Crippen molar-refractivity contribution < 1.29 is 23.8 Å². The molecular formula is C22H20FN5O4. The fourth-order valence-electron chi connectivity index (χ4n) is 3.57. The first-order valence-corrected chi connectivity index (χ1v) is 9.78. The number of rotatable bonds is 6. The number of carboxylic acid groups (broad SMARTS) is 1. The van der Waals surface area contributed by atoms with Crippen molar-refractivity contribution in [3.05, 3.63) is 65.5 Å². The van der Waals surface area contributed by atoms with Gasteiger partial charge in [0.1, 0.15) is 17.4 Å². The van der Waals surface area contributed by atoms with Gasteiger partial charge in [0.25, 0.3) is 0 Å². The highest BCUT2D eigenvalue weighted by Gasteiger charge is 2.26.